The van der Waals surface area contributed by atoms with Crippen molar-refractivity contribution in [2.75, 3.05) is 14.2 Å². The van der Waals surface area contributed by atoms with Crippen molar-refractivity contribution in [2.45, 2.75) is 64.1 Å². The quantitative estimate of drug-likeness (QED) is 0.554. The normalized spacial score (nSPS) is 23.8. The summed E-state index contributed by atoms with van der Waals surface area (Å²) in [7, 11) is 3.24. The average Bonchev–Trinajstić information content (AvgIpc) is 2.89. The van der Waals surface area contributed by atoms with Gasteiger partial charge >= 0.3 is 6.03 Å². The third-order valence-corrected chi connectivity index (χ3v) is 7.55. The largest absolute Gasteiger partial charge is 0.379 e. The molecule has 4 amide bonds. The van der Waals surface area contributed by atoms with Gasteiger partial charge in [-0.2, -0.15) is 0 Å². The van der Waals surface area contributed by atoms with Crippen LogP contribution in [-0.4, -0.2) is 66.2 Å². The number of ether oxygens (including phenoxy) is 2. The first-order valence-corrected chi connectivity index (χ1v) is 12.9. The summed E-state index contributed by atoms with van der Waals surface area (Å²) in [5.41, 5.74) is 2.09. The van der Waals surface area contributed by atoms with Crippen molar-refractivity contribution in [3.8, 4) is 0 Å². The SMILES string of the molecule is COC1CC2C(=O)N(Cc3ccc(C(=O)NC(C)C)cc3)C(=O)N(Cc3ccccc3Cl)C2CC1OC. The molecule has 8 nitrogen and oxygen atoms in total. The summed E-state index contributed by atoms with van der Waals surface area (Å²) >= 11 is 6.44. The first kappa shape index (κ1) is 27.1. The molecule has 1 aliphatic carbocycles. The molecule has 2 aliphatic rings. The van der Waals surface area contributed by atoms with Crippen molar-refractivity contribution in [1.29, 1.82) is 0 Å². The van der Waals surface area contributed by atoms with Crippen LogP contribution in [0.1, 0.15) is 48.2 Å². The van der Waals surface area contributed by atoms with Gasteiger partial charge in [0.25, 0.3) is 5.91 Å². The average molecular weight is 528 g/mol. The third kappa shape index (κ3) is 5.81. The first-order valence-electron chi connectivity index (χ1n) is 12.5. The maximum Gasteiger partial charge on any atom is 0.327 e. The van der Waals surface area contributed by atoms with E-state index in [9.17, 15) is 14.4 Å². The predicted octanol–water partition coefficient (Wildman–Crippen LogP) is 4.25. The molecule has 0 bridgehead atoms. The van der Waals surface area contributed by atoms with E-state index >= 15 is 0 Å². The van der Waals surface area contributed by atoms with Crippen LogP contribution < -0.4 is 5.32 Å². The minimum atomic E-state index is -0.423. The molecule has 198 valence electrons. The van der Waals surface area contributed by atoms with E-state index in [1.165, 1.54) is 4.90 Å². The zero-order valence-electron chi connectivity index (χ0n) is 21.6. The highest BCUT2D eigenvalue weighted by Gasteiger charge is 2.51. The van der Waals surface area contributed by atoms with Crippen LogP contribution in [0.3, 0.4) is 0 Å². The second kappa shape index (κ2) is 11.6. The van der Waals surface area contributed by atoms with Crippen LogP contribution in [0, 0.1) is 5.92 Å². The smallest absolute Gasteiger partial charge is 0.327 e. The highest BCUT2D eigenvalue weighted by Crippen LogP contribution is 2.38. The molecule has 4 unspecified atom stereocenters. The molecule has 1 saturated carbocycles. The van der Waals surface area contributed by atoms with Gasteiger partial charge in [-0.05, 0) is 56.0 Å². The molecule has 1 N–H and O–H groups in total. The summed E-state index contributed by atoms with van der Waals surface area (Å²) in [5, 5.41) is 3.43. The number of carbonyl (C=O) groups is 3. The molecule has 9 heteroatoms. The summed E-state index contributed by atoms with van der Waals surface area (Å²) in [6.07, 6.45) is 0.480. The van der Waals surface area contributed by atoms with Crippen molar-refractivity contribution >= 4 is 29.4 Å². The standard InChI is InChI=1S/C28H34ClN3O5/c1-17(2)30-26(33)19-11-9-18(10-12-19)15-32-27(34)21-13-24(36-3)25(37-4)14-23(21)31(28(32)35)16-20-7-5-6-8-22(20)29/h5-12,17,21,23-25H,13-16H2,1-4H3,(H,30,33). The molecule has 0 aromatic heterocycles. The monoisotopic (exact) mass is 527 g/mol. The van der Waals surface area contributed by atoms with E-state index in [1.807, 2.05) is 32.0 Å². The van der Waals surface area contributed by atoms with E-state index < -0.39 is 5.92 Å². The van der Waals surface area contributed by atoms with Crippen LogP contribution in [0.15, 0.2) is 48.5 Å². The van der Waals surface area contributed by atoms with Gasteiger partial charge in [-0.25, -0.2) is 4.79 Å². The Hall–Kier alpha value is -2.94. The van der Waals surface area contributed by atoms with Crippen LogP contribution in [0.4, 0.5) is 4.79 Å². The number of benzene rings is 2. The lowest BCUT2D eigenvalue weighted by Crippen LogP contribution is -2.64. The van der Waals surface area contributed by atoms with Crippen LogP contribution in [-0.2, 0) is 27.4 Å². The van der Waals surface area contributed by atoms with Crippen molar-refractivity contribution in [1.82, 2.24) is 15.1 Å². The number of fused-ring (bicyclic) bond motifs is 1. The number of nitrogens with one attached hydrogen (secondary N) is 1. The lowest BCUT2D eigenvalue weighted by atomic mass is 9.77. The van der Waals surface area contributed by atoms with E-state index in [0.29, 0.717) is 23.4 Å². The van der Waals surface area contributed by atoms with Gasteiger partial charge < -0.3 is 19.7 Å². The Balaban J connectivity index is 1.61. The number of urea groups is 1. The van der Waals surface area contributed by atoms with E-state index in [1.54, 1.807) is 49.5 Å². The van der Waals surface area contributed by atoms with Gasteiger partial charge in [0.2, 0.25) is 5.91 Å². The maximum absolute atomic E-state index is 13.8. The minimum Gasteiger partial charge on any atom is -0.379 e. The Morgan fingerprint density at radius 3 is 2.27 bits per heavy atom. The number of amides is 4. The Kier molecular flexibility index (Phi) is 8.52. The number of nitrogens with zero attached hydrogens (tertiary/aromatic N) is 2. The number of methoxy groups -OCH3 is 2. The number of imide groups is 1. The van der Waals surface area contributed by atoms with Gasteiger partial charge in [0.1, 0.15) is 0 Å². The zero-order chi connectivity index (χ0) is 26.7. The highest BCUT2D eigenvalue weighted by molar-refractivity contribution is 6.31. The van der Waals surface area contributed by atoms with Gasteiger partial charge in [-0.3, -0.25) is 14.5 Å². The molecule has 4 atom stereocenters. The van der Waals surface area contributed by atoms with Crippen molar-refractivity contribution < 1.29 is 23.9 Å². The summed E-state index contributed by atoms with van der Waals surface area (Å²) in [6, 6.07) is 13.7. The molecule has 0 radical (unpaired) electrons. The molecule has 2 aromatic carbocycles. The summed E-state index contributed by atoms with van der Waals surface area (Å²) in [6.45, 7) is 4.19. The van der Waals surface area contributed by atoms with Crippen LogP contribution >= 0.6 is 11.6 Å². The van der Waals surface area contributed by atoms with Crippen molar-refractivity contribution in [3.05, 3.63) is 70.2 Å². The Morgan fingerprint density at radius 2 is 1.65 bits per heavy atom. The molecule has 2 aromatic rings. The van der Waals surface area contributed by atoms with Gasteiger partial charge in [-0.1, -0.05) is 41.9 Å². The summed E-state index contributed by atoms with van der Waals surface area (Å²) < 4.78 is 11.3. The molecule has 1 aliphatic heterocycles. The summed E-state index contributed by atoms with van der Waals surface area (Å²) in [4.78, 5) is 42.8. The van der Waals surface area contributed by atoms with E-state index in [-0.39, 0.29) is 55.2 Å². The van der Waals surface area contributed by atoms with Gasteiger partial charge in [0.05, 0.1) is 24.7 Å². The van der Waals surface area contributed by atoms with E-state index in [4.69, 9.17) is 21.1 Å². The second-order valence-electron chi connectivity index (χ2n) is 9.94. The number of rotatable bonds is 8. The molecule has 2 fully saturated rings. The molecule has 0 spiro atoms. The van der Waals surface area contributed by atoms with Crippen LogP contribution in [0.2, 0.25) is 5.02 Å². The topological polar surface area (TPSA) is 88.2 Å². The third-order valence-electron chi connectivity index (χ3n) is 7.18. The minimum absolute atomic E-state index is 0.0249. The fourth-order valence-electron chi connectivity index (χ4n) is 5.24. The molecule has 4 rings (SSSR count). The molecule has 1 saturated heterocycles. The Labute approximate surface area is 222 Å². The Morgan fingerprint density at radius 1 is 1.00 bits per heavy atom. The fraction of sp³-hybridized carbons (Fsp3) is 0.464. The zero-order valence-corrected chi connectivity index (χ0v) is 22.4. The Bertz CT molecular complexity index is 1140. The highest BCUT2D eigenvalue weighted by atomic mass is 35.5. The lowest BCUT2D eigenvalue weighted by Gasteiger charge is -2.50. The van der Waals surface area contributed by atoms with Gasteiger partial charge in [0, 0.05) is 43.4 Å². The van der Waals surface area contributed by atoms with E-state index in [0.717, 1.165) is 11.1 Å². The summed E-state index contributed by atoms with van der Waals surface area (Å²) in [5.74, 6) is -0.808. The van der Waals surface area contributed by atoms with Crippen molar-refractivity contribution in [2.24, 2.45) is 5.92 Å². The number of carbonyl (C=O) groups excluding carboxylic acids is 3. The molecular weight excluding hydrogens is 494 g/mol. The number of hydrogen-bond donors (Lipinski definition) is 1. The van der Waals surface area contributed by atoms with Gasteiger partial charge in [0.15, 0.2) is 0 Å². The fourth-order valence-corrected chi connectivity index (χ4v) is 5.44. The van der Waals surface area contributed by atoms with Crippen LogP contribution in [0.5, 0.6) is 0 Å². The molecule has 1 heterocycles. The lowest BCUT2D eigenvalue weighted by molar-refractivity contribution is -0.152. The van der Waals surface area contributed by atoms with Gasteiger partial charge in [-0.15, -0.1) is 0 Å². The first-order chi connectivity index (χ1) is 17.7. The van der Waals surface area contributed by atoms with E-state index in [2.05, 4.69) is 5.32 Å². The second-order valence-corrected chi connectivity index (χ2v) is 10.4. The van der Waals surface area contributed by atoms with Crippen LogP contribution in [0.25, 0.3) is 0 Å². The maximum atomic E-state index is 13.8. The number of hydrogen-bond acceptors (Lipinski definition) is 5. The van der Waals surface area contributed by atoms with Crippen molar-refractivity contribution in [3.63, 3.8) is 0 Å². The predicted molar refractivity (Wildman–Crippen MR) is 140 cm³/mol. The number of halogens is 1. The molecular formula is C28H34ClN3O5. The molecule has 37 heavy (non-hydrogen) atoms.